The molecule has 0 saturated carbocycles. The van der Waals surface area contributed by atoms with Gasteiger partial charge in [-0.1, -0.05) is 18.2 Å². The summed E-state index contributed by atoms with van der Waals surface area (Å²) in [7, 11) is -4.12. The number of ether oxygens (including phenoxy) is 1. The van der Waals surface area contributed by atoms with Crippen molar-refractivity contribution in [3.05, 3.63) is 30.3 Å². The van der Waals surface area contributed by atoms with E-state index in [1.807, 2.05) is 0 Å². The standard InChI is InChI=1S/C8H8Br2O4S/c9-8(10,6-15(11,12)13)14-7-4-2-1-3-5-7/h1-5H,6H2,(H,11,12,13). The van der Waals surface area contributed by atoms with Gasteiger partial charge in [0.25, 0.3) is 10.1 Å². The van der Waals surface area contributed by atoms with Gasteiger partial charge >= 0.3 is 0 Å². The quantitative estimate of drug-likeness (QED) is 0.662. The molecule has 7 heteroatoms. The minimum atomic E-state index is -4.12. The Labute approximate surface area is 105 Å². The highest BCUT2D eigenvalue weighted by Crippen LogP contribution is 2.31. The first-order valence-electron chi connectivity index (χ1n) is 3.86. The molecule has 0 amide bonds. The molecular weight excluding hydrogens is 352 g/mol. The number of alkyl halides is 2. The number of hydrogen-bond acceptors (Lipinski definition) is 3. The fourth-order valence-electron chi connectivity index (χ4n) is 0.903. The molecule has 0 heterocycles. The van der Waals surface area contributed by atoms with Gasteiger partial charge in [0.05, 0.1) is 0 Å². The third-order valence-corrected chi connectivity index (χ3v) is 3.76. The Hall–Kier alpha value is -0.110. The molecule has 4 nitrogen and oxygen atoms in total. The van der Waals surface area contributed by atoms with Gasteiger partial charge in [-0.2, -0.15) is 8.42 Å². The SMILES string of the molecule is O=S(=O)(O)CC(Br)(Br)Oc1ccccc1. The molecule has 0 saturated heterocycles. The van der Waals surface area contributed by atoms with Crippen molar-refractivity contribution in [3.8, 4) is 5.75 Å². The maximum Gasteiger partial charge on any atom is 0.270 e. The summed E-state index contributed by atoms with van der Waals surface area (Å²) in [4.78, 5) is 0. The Kier molecular flexibility index (Phi) is 4.16. The first-order chi connectivity index (χ1) is 6.79. The van der Waals surface area contributed by atoms with Gasteiger partial charge in [-0.15, -0.1) is 0 Å². The maximum absolute atomic E-state index is 10.7. The van der Waals surface area contributed by atoms with Crippen LogP contribution in [0.25, 0.3) is 0 Å². The smallest absolute Gasteiger partial charge is 0.270 e. The van der Waals surface area contributed by atoms with Crippen molar-refractivity contribution >= 4 is 42.0 Å². The van der Waals surface area contributed by atoms with Crippen LogP contribution in [-0.2, 0) is 10.1 Å². The van der Waals surface area contributed by atoms with Crippen molar-refractivity contribution in [2.24, 2.45) is 0 Å². The van der Waals surface area contributed by atoms with E-state index in [1.165, 1.54) is 0 Å². The molecule has 0 atom stereocenters. The summed E-state index contributed by atoms with van der Waals surface area (Å²) >= 11 is 6.02. The monoisotopic (exact) mass is 358 g/mol. The zero-order chi connectivity index (χ0) is 11.5. The first kappa shape index (κ1) is 13.0. The Morgan fingerprint density at radius 3 is 2.27 bits per heavy atom. The van der Waals surface area contributed by atoms with Gasteiger partial charge in [0, 0.05) is 0 Å². The van der Waals surface area contributed by atoms with Crippen LogP contribution in [0.2, 0.25) is 0 Å². The van der Waals surface area contributed by atoms with Crippen LogP contribution in [-0.4, -0.2) is 22.1 Å². The van der Waals surface area contributed by atoms with E-state index in [1.54, 1.807) is 30.3 Å². The van der Waals surface area contributed by atoms with Crippen LogP contribution in [0.4, 0.5) is 0 Å². The summed E-state index contributed by atoms with van der Waals surface area (Å²) in [6, 6.07) is 8.64. The number of rotatable bonds is 4. The molecule has 0 aliphatic carbocycles. The van der Waals surface area contributed by atoms with E-state index >= 15 is 0 Å². The minimum absolute atomic E-state index is 0.481. The largest absolute Gasteiger partial charge is 0.465 e. The van der Waals surface area contributed by atoms with Crippen molar-refractivity contribution < 1.29 is 17.7 Å². The second kappa shape index (κ2) is 4.82. The Balaban J connectivity index is 2.73. The normalized spacial score (nSPS) is 12.5. The van der Waals surface area contributed by atoms with Gasteiger partial charge in [0.1, 0.15) is 11.5 Å². The van der Waals surface area contributed by atoms with Gasteiger partial charge in [0.2, 0.25) is 3.42 Å². The molecule has 84 valence electrons. The molecule has 0 aromatic heterocycles. The molecule has 1 N–H and O–H groups in total. The van der Waals surface area contributed by atoms with Gasteiger partial charge in [0.15, 0.2) is 0 Å². The maximum atomic E-state index is 10.7. The Morgan fingerprint density at radius 2 is 1.80 bits per heavy atom. The van der Waals surface area contributed by atoms with E-state index in [2.05, 4.69) is 31.9 Å². The molecule has 0 fully saturated rings. The summed E-state index contributed by atoms with van der Waals surface area (Å²) in [6.45, 7) is 0. The summed E-state index contributed by atoms with van der Waals surface area (Å²) in [5.74, 6) is -0.121. The summed E-state index contributed by atoms with van der Waals surface area (Å²) in [5, 5.41) is 0. The van der Waals surface area contributed by atoms with Crippen molar-refractivity contribution in [2.75, 3.05) is 5.75 Å². The van der Waals surface area contributed by atoms with E-state index in [0.717, 1.165) is 0 Å². The minimum Gasteiger partial charge on any atom is -0.465 e. The molecule has 0 aliphatic heterocycles. The number of halogens is 2. The van der Waals surface area contributed by atoms with Gasteiger partial charge in [-0.25, -0.2) is 0 Å². The van der Waals surface area contributed by atoms with E-state index in [9.17, 15) is 8.42 Å². The molecular formula is C8H8Br2O4S. The third kappa shape index (κ3) is 5.50. The van der Waals surface area contributed by atoms with Crippen LogP contribution >= 0.6 is 31.9 Å². The highest BCUT2D eigenvalue weighted by Gasteiger charge is 2.31. The topological polar surface area (TPSA) is 63.6 Å². The number of hydrogen-bond donors (Lipinski definition) is 1. The van der Waals surface area contributed by atoms with E-state index in [4.69, 9.17) is 9.29 Å². The molecule has 0 unspecified atom stereocenters. The van der Waals surface area contributed by atoms with Crippen molar-refractivity contribution in [1.82, 2.24) is 0 Å². The van der Waals surface area contributed by atoms with E-state index < -0.39 is 19.3 Å². The Bertz CT molecular complexity index is 416. The van der Waals surface area contributed by atoms with Crippen LogP contribution in [0, 0.1) is 0 Å². The lowest BCUT2D eigenvalue weighted by atomic mass is 10.3. The Morgan fingerprint density at radius 1 is 1.27 bits per heavy atom. The lowest BCUT2D eigenvalue weighted by Gasteiger charge is -2.20. The van der Waals surface area contributed by atoms with Gasteiger partial charge in [-0.3, -0.25) is 4.55 Å². The fourth-order valence-corrected chi connectivity index (χ4v) is 3.50. The number of benzene rings is 1. The first-order valence-corrected chi connectivity index (χ1v) is 7.05. The average Bonchev–Trinajstić information content (AvgIpc) is 1.99. The summed E-state index contributed by atoms with van der Waals surface area (Å²) in [5.41, 5.74) is 0. The lowest BCUT2D eigenvalue weighted by Crippen LogP contribution is -2.30. The third-order valence-electron chi connectivity index (χ3n) is 1.36. The van der Waals surface area contributed by atoms with E-state index in [0.29, 0.717) is 5.75 Å². The average molecular weight is 360 g/mol. The van der Waals surface area contributed by atoms with Gasteiger partial charge < -0.3 is 4.74 Å². The highest BCUT2D eigenvalue weighted by molar-refractivity contribution is 9.25. The second-order valence-electron chi connectivity index (χ2n) is 2.78. The molecule has 1 rings (SSSR count). The highest BCUT2D eigenvalue weighted by atomic mass is 79.9. The van der Waals surface area contributed by atoms with Crippen LogP contribution in [0.1, 0.15) is 0 Å². The molecule has 1 aromatic carbocycles. The number of para-hydroxylation sites is 1. The van der Waals surface area contributed by atoms with Crippen molar-refractivity contribution in [1.29, 1.82) is 0 Å². The van der Waals surface area contributed by atoms with Crippen LogP contribution in [0.15, 0.2) is 30.3 Å². The van der Waals surface area contributed by atoms with Crippen molar-refractivity contribution in [2.45, 2.75) is 3.42 Å². The molecule has 0 bridgehead atoms. The van der Waals surface area contributed by atoms with Crippen LogP contribution in [0.5, 0.6) is 5.75 Å². The molecule has 1 aromatic rings. The zero-order valence-electron chi connectivity index (χ0n) is 7.43. The van der Waals surface area contributed by atoms with Crippen LogP contribution in [0.3, 0.4) is 0 Å². The summed E-state index contributed by atoms with van der Waals surface area (Å²) < 4.78 is 33.9. The molecule has 0 radical (unpaired) electrons. The van der Waals surface area contributed by atoms with Crippen molar-refractivity contribution in [3.63, 3.8) is 0 Å². The molecule has 0 aliphatic rings. The lowest BCUT2D eigenvalue weighted by molar-refractivity contribution is 0.288. The fraction of sp³-hybridized carbons (Fsp3) is 0.250. The second-order valence-corrected chi connectivity index (χ2v) is 7.86. The zero-order valence-corrected chi connectivity index (χ0v) is 11.4. The predicted octanol–water partition coefficient (Wildman–Crippen LogP) is 2.40. The molecule has 0 spiro atoms. The molecule has 15 heavy (non-hydrogen) atoms. The predicted molar refractivity (Wildman–Crippen MR) is 64.1 cm³/mol. The van der Waals surface area contributed by atoms with Crippen LogP contribution < -0.4 is 4.74 Å². The van der Waals surface area contributed by atoms with Gasteiger partial charge in [-0.05, 0) is 44.0 Å². The van der Waals surface area contributed by atoms with E-state index in [-0.39, 0.29) is 0 Å². The summed E-state index contributed by atoms with van der Waals surface area (Å²) in [6.07, 6.45) is 0.